The van der Waals surface area contributed by atoms with Crippen molar-refractivity contribution in [1.82, 2.24) is 0 Å². The molecule has 0 unspecified atom stereocenters. The van der Waals surface area contributed by atoms with Crippen LogP contribution >= 0.6 is 6.83 Å². The van der Waals surface area contributed by atoms with E-state index in [9.17, 15) is 4.79 Å². The Kier molecular flexibility index (Phi) is 5.53. The molecule has 4 aromatic rings. The Morgan fingerprint density at radius 2 is 0.933 bits per heavy atom. The molecule has 150 valence electrons. The van der Waals surface area contributed by atoms with Crippen molar-refractivity contribution in [2.75, 3.05) is 0 Å². The van der Waals surface area contributed by atoms with Gasteiger partial charge in [-0.3, -0.25) is 0 Å². The molecular formula is C27H25O2P. The fourth-order valence-electron chi connectivity index (χ4n) is 4.36. The van der Waals surface area contributed by atoms with Crippen molar-refractivity contribution < 1.29 is 9.32 Å². The summed E-state index contributed by atoms with van der Waals surface area (Å²) in [5.41, 5.74) is 1.13. The second kappa shape index (κ2) is 8.26. The quantitative estimate of drug-likeness (QED) is 0.407. The molecule has 0 aliphatic rings. The SMILES string of the molecule is CC(=O)OP(Cc1ccccc1)(c1ccccc1)(c1ccccc1)c1ccccc1. The third-order valence-electron chi connectivity index (χ3n) is 5.56. The zero-order chi connectivity index (χ0) is 20.9. The Labute approximate surface area is 178 Å². The molecule has 0 aliphatic carbocycles. The van der Waals surface area contributed by atoms with Crippen LogP contribution in [0.5, 0.6) is 0 Å². The van der Waals surface area contributed by atoms with Crippen LogP contribution in [0.15, 0.2) is 121 Å². The Hall–Kier alpha value is -3.22. The first kappa shape index (κ1) is 20.1. The van der Waals surface area contributed by atoms with Crippen molar-refractivity contribution in [3.8, 4) is 0 Å². The van der Waals surface area contributed by atoms with Crippen LogP contribution in [0, 0.1) is 0 Å². The summed E-state index contributed by atoms with van der Waals surface area (Å²) in [4.78, 5) is 12.8. The van der Waals surface area contributed by atoms with E-state index >= 15 is 0 Å². The average Bonchev–Trinajstić information content (AvgIpc) is 2.81. The molecule has 2 nitrogen and oxygen atoms in total. The Morgan fingerprint density at radius 1 is 0.600 bits per heavy atom. The Morgan fingerprint density at radius 3 is 1.27 bits per heavy atom. The molecule has 0 aromatic heterocycles. The van der Waals surface area contributed by atoms with Gasteiger partial charge in [0.2, 0.25) is 0 Å². The molecule has 0 spiro atoms. The number of hydrogen-bond acceptors (Lipinski definition) is 2. The first-order valence-corrected chi connectivity index (χ1v) is 12.4. The molecule has 0 fully saturated rings. The predicted octanol–water partition coefficient (Wildman–Crippen LogP) is 5.19. The van der Waals surface area contributed by atoms with Crippen molar-refractivity contribution in [3.63, 3.8) is 0 Å². The standard InChI is InChI=1S/C27H25O2P/c1-23(28)29-30(25-16-8-3-9-17-25,26-18-10-4-11-19-26,27-20-12-5-13-21-27)22-24-14-6-2-7-15-24/h2-21H,22H2,1H3. The number of carbonyl (C=O) groups excluding carboxylic acids is 1. The summed E-state index contributed by atoms with van der Waals surface area (Å²) in [5.74, 6) is -0.278. The van der Waals surface area contributed by atoms with Gasteiger partial charge in [0, 0.05) is 0 Å². The van der Waals surface area contributed by atoms with Crippen molar-refractivity contribution in [2.45, 2.75) is 13.1 Å². The Balaban J connectivity index is 2.19. The molecule has 4 rings (SSSR count). The minimum absolute atomic E-state index is 0.278. The van der Waals surface area contributed by atoms with Crippen LogP contribution in [0.1, 0.15) is 12.5 Å². The summed E-state index contributed by atoms with van der Waals surface area (Å²) in [6.45, 7) is -2.13. The van der Waals surface area contributed by atoms with Gasteiger partial charge in [-0.1, -0.05) is 0 Å². The van der Waals surface area contributed by atoms with E-state index in [-0.39, 0.29) is 5.97 Å². The van der Waals surface area contributed by atoms with Crippen molar-refractivity contribution in [2.24, 2.45) is 0 Å². The van der Waals surface area contributed by atoms with Gasteiger partial charge in [-0.05, 0) is 0 Å². The van der Waals surface area contributed by atoms with Gasteiger partial charge < -0.3 is 0 Å². The van der Waals surface area contributed by atoms with Crippen LogP contribution < -0.4 is 15.9 Å². The molecule has 0 saturated heterocycles. The van der Waals surface area contributed by atoms with Gasteiger partial charge in [0.15, 0.2) is 0 Å². The van der Waals surface area contributed by atoms with Gasteiger partial charge in [-0.25, -0.2) is 0 Å². The fourth-order valence-corrected chi connectivity index (χ4v) is 10.1. The summed E-state index contributed by atoms with van der Waals surface area (Å²) < 4.78 is 6.68. The second-order valence-corrected chi connectivity index (χ2v) is 11.9. The van der Waals surface area contributed by atoms with Crippen LogP contribution in [0.2, 0.25) is 0 Å². The van der Waals surface area contributed by atoms with Crippen molar-refractivity contribution >= 4 is 28.7 Å². The first-order chi connectivity index (χ1) is 14.6. The second-order valence-electron chi connectivity index (χ2n) is 7.45. The molecule has 0 amide bonds. The summed E-state index contributed by atoms with van der Waals surface area (Å²) >= 11 is 0. The number of rotatable bonds is 6. The molecule has 3 heteroatoms. The third-order valence-corrected chi connectivity index (χ3v) is 11.4. The Bertz CT molecular complexity index is 1010. The summed E-state index contributed by atoms with van der Waals surface area (Å²) in [5, 5.41) is 3.12. The van der Waals surface area contributed by atoms with Crippen LogP contribution in [0.25, 0.3) is 0 Å². The molecule has 0 aliphatic heterocycles. The maximum atomic E-state index is 12.8. The zero-order valence-electron chi connectivity index (χ0n) is 17.0. The van der Waals surface area contributed by atoms with Crippen LogP contribution in [-0.2, 0) is 15.5 Å². The van der Waals surface area contributed by atoms with E-state index in [1.54, 1.807) is 0 Å². The summed E-state index contributed by atoms with van der Waals surface area (Å²) in [7, 11) is 0. The molecular weight excluding hydrogens is 387 g/mol. The van der Waals surface area contributed by atoms with E-state index in [2.05, 4.69) is 48.5 Å². The molecule has 0 atom stereocenters. The number of benzene rings is 4. The molecule has 0 radical (unpaired) electrons. The number of hydrogen-bond donors (Lipinski definition) is 0. The normalized spacial score (nSPS) is 12.5. The van der Waals surface area contributed by atoms with Gasteiger partial charge in [0.1, 0.15) is 0 Å². The minimum atomic E-state index is -3.65. The molecule has 4 aromatic carbocycles. The van der Waals surface area contributed by atoms with Crippen molar-refractivity contribution in [1.29, 1.82) is 0 Å². The molecule has 0 N–H and O–H groups in total. The van der Waals surface area contributed by atoms with E-state index < -0.39 is 6.83 Å². The van der Waals surface area contributed by atoms with E-state index in [0.29, 0.717) is 6.16 Å². The van der Waals surface area contributed by atoms with Gasteiger partial charge in [0.05, 0.1) is 0 Å². The van der Waals surface area contributed by atoms with Crippen LogP contribution in [-0.4, -0.2) is 5.97 Å². The van der Waals surface area contributed by atoms with E-state index in [4.69, 9.17) is 4.52 Å². The molecule has 30 heavy (non-hydrogen) atoms. The number of carbonyl (C=O) groups is 1. The maximum absolute atomic E-state index is 12.8. The van der Waals surface area contributed by atoms with Gasteiger partial charge in [0.25, 0.3) is 0 Å². The van der Waals surface area contributed by atoms with E-state index in [0.717, 1.165) is 21.5 Å². The van der Waals surface area contributed by atoms with Crippen molar-refractivity contribution in [3.05, 3.63) is 127 Å². The van der Waals surface area contributed by atoms with Gasteiger partial charge in [-0.2, -0.15) is 0 Å². The average molecular weight is 412 g/mol. The monoisotopic (exact) mass is 412 g/mol. The fraction of sp³-hybridized carbons (Fsp3) is 0.0741. The first-order valence-electron chi connectivity index (χ1n) is 10.1. The van der Waals surface area contributed by atoms with Crippen LogP contribution in [0.4, 0.5) is 0 Å². The molecule has 0 heterocycles. The van der Waals surface area contributed by atoms with Gasteiger partial charge in [-0.15, -0.1) is 0 Å². The summed E-state index contributed by atoms with van der Waals surface area (Å²) in [6, 6.07) is 41.1. The summed E-state index contributed by atoms with van der Waals surface area (Å²) in [6.07, 6.45) is 0.601. The third kappa shape index (κ3) is 3.34. The zero-order valence-corrected chi connectivity index (χ0v) is 17.9. The van der Waals surface area contributed by atoms with E-state index in [1.165, 1.54) is 6.92 Å². The van der Waals surface area contributed by atoms with E-state index in [1.807, 2.05) is 72.8 Å². The van der Waals surface area contributed by atoms with Gasteiger partial charge >= 0.3 is 178 Å². The van der Waals surface area contributed by atoms with Crippen LogP contribution in [0.3, 0.4) is 0 Å². The molecule has 0 saturated carbocycles. The predicted molar refractivity (Wildman–Crippen MR) is 127 cm³/mol. The molecule has 0 bridgehead atoms. The topological polar surface area (TPSA) is 26.3 Å².